The fourth-order valence-electron chi connectivity index (χ4n) is 2.40. The van der Waals surface area contributed by atoms with E-state index in [1.807, 2.05) is 42.5 Å². The van der Waals surface area contributed by atoms with Gasteiger partial charge in [0.15, 0.2) is 11.7 Å². The first-order valence-electron chi connectivity index (χ1n) is 8.13. The van der Waals surface area contributed by atoms with Gasteiger partial charge in [0.25, 0.3) is 5.91 Å². The molecular weight excluding hydrogens is 352 g/mol. The molecule has 3 aromatic rings. The number of hydrogen-bond acceptors (Lipinski definition) is 6. The van der Waals surface area contributed by atoms with Crippen LogP contribution in [-0.2, 0) is 9.53 Å². The maximum absolute atomic E-state index is 12.1. The van der Waals surface area contributed by atoms with E-state index in [9.17, 15) is 9.59 Å². The summed E-state index contributed by atoms with van der Waals surface area (Å²) in [5.41, 5.74) is 0.527. The van der Waals surface area contributed by atoms with Gasteiger partial charge in [0.05, 0.1) is 12.3 Å². The van der Waals surface area contributed by atoms with Gasteiger partial charge < -0.3 is 9.47 Å². The first-order chi connectivity index (χ1) is 12.6. The van der Waals surface area contributed by atoms with E-state index in [1.54, 1.807) is 13.8 Å². The number of aromatic nitrogens is 1. The first kappa shape index (κ1) is 17.9. The van der Waals surface area contributed by atoms with Crippen molar-refractivity contribution in [3.8, 4) is 5.75 Å². The van der Waals surface area contributed by atoms with E-state index in [0.717, 1.165) is 22.1 Å². The molecule has 0 atom stereocenters. The minimum absolute atomic E-state index is 0.147. The molecule has 3 rings (SSSR count). The molecule has 2 aromatic carbocycles. The lowest BCUT2D eigenvalue weighted by Crippen LogP contribution is -2.20. The van der Waals surface area contributed by atoms with E-state index in [-0.39, 0.29) is 19.1 Å². The molecule has 7 heteroatoms. The fourth-order valence-corrected chi connectivity index (χ4v) is 3.27. The monoisotopic (exact) mass is 370 g/mol. The van der Waals surface area contributed by atoms with Crippen molar-refractivity contribution in [1.29, 1.82) is 0 Å². The van der Waals surface area contributed by atoms with Gasteiger partial charge in [0.2, 0.25) is 0 Å². The van der Waals surface area contributed by atoms with Gasteiger partial charge in [-0.2, -0.15) is 0 Å². The molecule has 1 heterocycles. The van der Waals surface area contributed by atoms with Crippen LogP contribution in [0.15, 0.2) is 42.5 Å². The van der Waals surface area contributed by atoms with Crippen molar-refractivity contribution in [1.82, 2.24) is 4.98 Å². The second kappa shape index (κ2) is 7.97. The Morgan fingerprint density at radius 3 is 2.69 bits per heavy atom. The van der Waals surface area contributed by atoms with Crippen LogP contribution in [0.1, 0.15) is 22.3 Å². The molecule has 0 aliphatic rings. The Kier molecular flexibility index (Phi) is 5.48. The molecule has 0 fully saturated rings. The number of nitrogens with one attached hydrogen (secondary N) is 1. The molecule has 0 aliphatic carbocycles. The summed E-state index contributed by atoms with van der Waals surface area (Å²) in [5, 5.41) is 5.14. The third-order valence-corrected chi connectivity index (χ3v) is 4.65. The molecule has 0 bridgehead atoms. The summed E-state index contributed by atoms with van der Waals surface area (Å²) in [6, 6.07) is 13.6. The highest BCUT2D eigenvalue weighted by atomic mass is 32.1. The van der Waals surface area contributed by atoms with Crippen molar-refractivity contribution in [2.24, 2.45) is 0 Å². The molecule has 0 unspecified atom stereocenters. The topological polar surface area (TPSA) is 77.5 Å². The number of benzene rings is 2. The Labute approximate surface area is 154 Å². The normalized spacial score (nSPS) is 10.5. The van der Waals surface area contributed by atoms with Gasteiger partial charge in [-0.15, -0.1) is 0 Å². The molecule has 0 aliphatic heterocycles. The van der Waals surface area contributed by atoms with Crippen LogP contribution in [0.3, 0.4) is 0 Å². The zero-order valence-corrected chi connectivity index (χ0v) is 15.3. The number of anilines is 1. The molecule has 1 aromatic heterocycles. The van der Waals surface area contributed by atoms with Gasteiger partial charge in [-0.25, -0.2) is 9.78 Å². The Balaban J connectivity index is 1.60. The summed E-state index contributed by atoms with van der Waals surface area (Å²) in [6.45, 7) is 3.58. The first-order valence-corrected chi connectivity index (χ1v) is 8.94. The number of aryl methyl sites for hydroxylation is 1. The average Bonchev–Trinajstić information content (AvgIpc) is 3.00. The van der Waals surface area contributed by atoms with Crippen LogP contribution in [0.25, 0.3) is 10.8 Å². The average molecular weight is 370 g/mol. The van der Waals surface area contributed by atoms with Crippen molar-refractivity contribution < 1.29 is 19.1 Å². The van der Waals surface area contributed by atoms with E-state index in [2.05, 4.69) is 10.3 Å². The largest absolute Gasteiger partial charge is 0.484 e. The van der Waals surface area contributed by atoms with E-state index < -0.39 is 5.97 Å². The smallest absolute Gasteiger partial charge is 0.350 e. The Bertz CT molecular complexity index is 952. The predicted octanol–water partition coefficient (Wildman–Crippen LogP) is 3.80. The molecule has 0 saturated carbocycles. The molecule has 1 amide bonds. The highest BCUT2D eigenvalue weighted by Crippen LogP contribution is 2.24. The van der Waals surface area contributed by atoms with Crippen LogP contribution in [0.4, 0.5) is 5.13 Å². The van der Waals surface area contributed by atoms with Crippen molar-refractivity contribution in [3.05, 3.63) is 53.0 Å². The minimum atomic E-state index is -0.435. The maximum atomic E-state index is 12.1. The Hall–Kier alpha value is -2.93. The molecule has 0 radical (unpaired) electrons. The highest BCUT2D eigenvalue weighted by Gasteiger charge is 2.17. The lowest BCUT2D eigenvalue weighted by molar-refractivity contribution is -0.118. The summed E-state index contributed by atoms with van der Waals surface area (Å²) in [5.74, 6) is -0.167. The van der Waals surface area contributed by atoms with Crippen LogP contribution in [0.2, 0.25) is 0 Å². The quantitative estimate of drug-likeness (QED) is 0.668. The van der Waals surface area contributed by atoms with Gasteiger partial charge >= 0.3 is 5.97 Å². The van der Waals surface area contributed by atoms with Gasteiger partial charge in [-0.05, 0) is 36.8 Å². The molecule has 6 nitrogen and oxygen atoms in total. The van der Waals surface area contributed by atoms with Gasteiger partial charge in [0.1, 0.15) is 10.6 Å². The van der Waals surface area contributed by atoms with Crippen molar-refractivity contribution in [2.45, 2.75) is 13.8 Å². The SMILES string of the molecule is CCOC(=O)c1sc(NC(=O)COc2ccc3ccccc3c2)nc1C. The Morgan fingerprint density at radius 1 is 1.15 bits per heavy atom. The molecule has 26 heavy (non-hydrogen) atoms. The molecule has 0 spiro atoms. The van der Waals surface area contributed by atoms with Crippen molar-refractivity contribution in [2.75, 3.05) is 18.5 Å². The summed E-state index contributed by atoms with van der Waals surface area (Å²) >= 11 is 1.09. The van der Waals surface area contributed by atoms with Crippen LogP contribution in [0.5, 0.6) is 5.75 Å². The van der Waals surface area contributed by atoms with Gasteiger partial charge in [-0.3, -0.25) is 10.1 Å². The number of hydrogen-bond donors (Lipinski definition) is 1. The summed E-state index contributed by atoms with van der Waals surface area (Å²) in [4.78, 5) is 28.4. The zero-order chi connectivity index (χ0) is 18.5. The third-order valence-electron chi connectivity index (χ3n) is 3.59. The molecule has 134 valence electrons. The second-order valence-electron chi connectivity index (χ2n) is 5.50. The maximum Gasteiger partial charge on any atom is 0.350 e. The minimum Gasteiger partial charge on any atom is -0.484 e. The van der Waals surface area contributed by atoms with E-state index >= 15 is 0 Å². The van der Waals surface area contributed by atoms with Crippen molar-refractivity contribution in [3.63, 3.8) is 0 Å². The van der Waals surface area contributed by atoms with E-state index in [1.165, 1.54) is 0 Å². The summed E-state index contributed by atoms with van der Waals surface area (Å²) < 4.78 is 10.5. The number of carbonyl (C=O) groups is 2. The molecule has 1 N–H and O–H groups in total. The number of amides is 1. The standard InChI is InChI=1S/C19H18N2O4S/c1-3-24-18(23)17-12(2)20-19(26-17)21-16(22)11-25-15-9-8-13-6-4-5-7-14(13)10-15/h4-10H,3,11H2,1-2H3,(H,20,21,22). The number of fused-ring (bicyclic) bond motifs is 1. The third kappa shape index (κ3) is 4.18. The van der Waals surface area contributed by atoms with E-state index in [0.29, 0.717) is 21.5 Å². The van der Waals surface area contributed by atoms with Crippen LogP contribution >= 0.6 is 11.3 Å². The number of nitrogens with zero attached hydrogens (tertiary/aromatic N) is 1. The van der Waals surface area contributed by atoms with Crippen LogP contribution < -0.4 is 10.1 Å². The summed E-state index contributed by atoms with van der Waals surface area (Å²) in [7, 11) is 0. The lowest BCUT2D eigenvalue weighted by Gasteiger charge is -2.07. The number of esters is 1. The zero-order valence-electron chi connectivity index (χ0n) is 14.4. The number of rotatable bonds is 6. The molecular formula is C19H18N2O4S. The van der Waals surface area contributed by atoms with Gasteiger partial charge in [0, 0.05) is 0 Å². The van der Waals surface area contributed by atoms with Crippen molar-refractivity contribution >= 4 is 39.1 Å². The van der Waals surface area contributed by atoms with Crippen LogP contribution in [0, 0.1) is 6.92 Å². The predicted molar refractivity (Wildman–Crippen MR) is 101 cm³/mol. The summed E-state index contributed by atoms with van der Waals surface area (Å²) in [6.07, 6.45) is 0. The number of thiazole rings is 1. The lowest BCUT2D eigenvalue weighted by atomic mass is 10.1. The van der Waals surface area contributed by atoms with E-state index in [4.69, 9.17) is 9.47 Å². The van der Waals surface area contributed by atoms with Crippen LogP contribution in [-0.4, -0.2) is 30.1 Å². The Morgan fingerprint density at radius 2 is 1.92 bits per heavy atom. The van der Waals surface area contributed by atoms with Gasteiger partial charge in [-0.1, -0.05) is 41.7 Å². The molecule has 0 saturated heterocycles. The second-order valence-corrected chi connectivity index (χ2v) is 6.50. The fraction of sp³-hybridized carbons (Fsp3) is 0.211. The number of carbonyl (C=O) groups excluding carboxylic acids is 2. The number of ether oxygens (including phenoxy) is 2. The highest BCUT2D eigenvalue weighted by molar-refractivity contribution is 7.17.